The molecule has 2 saturated carbocycles. The fraction of sp³-hybridized carbons (Fsp3) is 1.00. The molecule has 0 saturated heterocycles. The quantitative estimate of drug-likeness (QED) is 0.610. The Balaban J connectivity index is 2.42. The molecule has 2 rings (SSSR count). The standard InChI is InChI=1S/C16H30/c1-6-15-9-7-10-16(15,13(4)5)14(8-11-15)12(2)3/h12-14H,6-11H2,1-5H3. The third kappa shape index (κ3) is 1.34. The highest BCUT2D eigenvalue weighted by Gasteiger charge is 2.62. The highest BCUT2D eigenvalue weighted by Crippen LogP contribution is 2.71. The fourth-order valence-electron chi connectivity index (χ4n) is 5.78. The summed E-state index contributed by atoms with van der Waals surface area (Å²) in [5, 5.41) is 0. The van der Waals surface area contributed by atoms with E-state index in [0.29, 0.717) is 5.41 Å². The summed E-state index contributed by atoms with van der Waals surface area (Å²) >= 11 is 0. The van der Waals surface area contributed by atoms with E-state index in [2.05, 4.69) is 34.6 Å². The monoisotopic (exact) mass is 222 g/mol. The molecule has 94 valence electrons. The molecule has 0 nitrogen and oxygen atoms in total. The zero-order valence-corrected chi connectivity index (χ0v) is 12.0. The summed E-state index contributed by atoms with van der Waals surface area (Å²) < 4.78 is 0. The number of rotatable bonds is 3. The fourth-order valence-corrected chi connectivity index (χ4v) is 5.78. The second-order valence-electron chi connectivity index (χ2n) is 7.07. The highest BCUT2D eigenvalue weighted by molar-refractivity contribution is 5.11. The molecule has 0 N–H and O–H groups in total. The average molecular weight is 222 g/mol. The molecule has 0 amide bonds. The summed E-state index contributed by atoms with van der Waals surface area (Å²) in [5.41, 5.74) is 1.41. The summed E-state index contributed by atoms with van der Waals surface area (Å²) in [6.45, 7) is 12.4. The Morgan fingerprint density at radius 3 is 2.25 bits per heavy atom. The molecule has 3 atom stereocenters. The summed E-state index contributed by atoms with van der Waals surface area (Å²) in [6, 6.07) is 0. The molecular formula is C16H30. The molecule has 0 radical (unpaired) electrons. The van der Waals surface area contributed by atoms with Gasteiger partial charge in [-0.2, -0.15) is 0 Å². The van der Waals surface area contributed by atoms with Gasteiger partial charge in [0.2, 0.25) is 0 Å². The maximum atomic E-state index is 2.50. The topological polar surface area (TPSA) is 0 Å². The third-order valence-electron chi connectivity index (χ3n) is 6.34. The SMILES string of the molecule is CCC12CCCC1(C(C)C)C(C(C)C)CC2. The van der Waals surface area contributed by atoms with Crippen molar-refractivity contribution in [1.82, 2.24) is 0 Å². The van der Waals surface area contributed by atoms with Crippen molar-refractivity contribution in [1.29, 1.82) is 0 Å². The molecule has 2 aliphatic carbocycles. The van der Waals surface area contributed by atoms with Gasteiger partial charge in [-0.25, -0.2) is 0 Å². The minimum absolute atomic E-state index is 0.690. The van der Waals surface area contributed by atoms with Gasteiger partial charge in [0, 0.05) is 0 Å². The van der Waals surface area contributed by atoms with Crippen molar-refractivity contribution < 1.29 is 0 Å². The van der Waals surface area contributed by atoms with Crippen molar-refractivity contribution in [3.8, 4) is 0 Å². The first kappa shape index (κ1) is 12.5. The first-order chi connectivity index (χ1) is 7.50. The minimum atomic E-state index is 0.690. The van der Waals surface area contributed by atoms with Gasteiger partial charge < -0.3 is 0 Å². The van der Waals surface area contributed by atoms with E-state index in [9.17, 15) is 0 Å². The Hall–Kier alpha value is 0. The lowest BCUT2D eigenvalue weighted by atomic mass is 9.56. The van der Waals surface area contributed by atoms with Crippen LogP contribution in [0.15, 0.2) is 0 Å². The van der Waals surface area contributed by atoms with Crippen LogP contribution in [0, 0.1) is 28.6 Å². The Morgan fingerprint density at radius 1 is 1.06 bits per heavy atom. The Bertz CT molecular complexity index is 253. The van der Waals surface area contributed by atoms with Gasteiger partial charge in [0.15, 0.2) is 0 Å². The summed E-state index contributed by atoms with van der Waals surface area (Å²) in [6.07, 6.45) is 8.98. The number of hydrogen-bond acceptors (Lipinski definition) is 0. The van der Waals surface area contributed by atoms with Crippen LogP contribution in [0.3, 0.4) is 0 Å². The number of fused-ring (bicyclic) bond motifs is 1. The van der Waals surface area contributed by atoms with Gasteiger partial charge in [-0.15, -0.1) is 0 Å². The van der Waals surface area contributed by atoms with Crippen molar-refractivity contribution in [2.45, 2.75) is 73.1 Å². The molecule has 0 bridgehead atoms. The zero-order valence-electron chi connectivity index (χ0n) is 12.0. The van der Waals surface area contributed by atoms with Crippen LogP contribution < -0.4 is 0 Å². The molecule has 16 heavy (non-hydrogen) atoms. The van der Waals surface area contributed by atoms with Gasteiger partial charge in [0.05, 0.1) is 0 Å². The van der Waals surface area contributed by atoms with Gasteiger partial charge in [0.25, 0.3) is 0 Å². The predicted molar refractivity (Wildman–Crippen MR) is 71.4 cm³/mol. The minimum Gasteiger partial charge on any atom is -0.0648 e. The molecule has 0 aliphatic heterocycles. The van der Waals surface area contributed by atoms with Crippen LogP contribution in [0.4, 0.5) is 0 Å². The summed E-state index contributed by atoms with van der Waals surface area (Å²) in [4.78, 5) is 0. The lowest BCUT2D eigenvalue weighted by Gasteiger charge is -2.49. The van der Waals surface area contributed by atoms with E-state index in [1.807, 2.05) is 0 Å². The van der Waals surface area contributed by atoms with Gasteiger partial charge >= 0.3 is 0 Å². The van der Waals surface area contributed by atoms with E-state index in [-0.39, 0.29) is 0 Å². The van der Waals surface area contributed by atoms with Gasteiger partial charge in [-0.1, -0.05) is 41.0 Å². The van der Waals surface area contributed by atoms with E-state index in [1.165, 1.54) is 38.5 Å². The molecule has 2 aliphatic rings. The predicted octanol–water partition coefficient (Wildman–Crippen LogP) is 5.28. The molecule has 0 heterocycles. The molecular weight excluding hydrogens is 192 g/mol. The second-order valence-corrected chi connectivity index (χ2v) is 7.07. The van der Waals surface area contributed by atoms with Crippen LogP contribution in [0.2, 0.25) is 0 Å². The molecule has 0 aromatic rings. The summed E-state index contributed by atoms with van der Waals surface area (Å²) in [5.74, 6) is 2.76. The Labute approximate surface area is 102 Å². The highest BCUT2D eigenvalue weighted by atomic mass is 14.7. The maximum absolute atomic E-state index is 2.50. The lowest BCUT2D eigenvalue weighted by molar-refractivity contribution is -0.00595. The average Bonchev–Trinajstić information content (AvgIpc) is 2.70. The third-order valence-corrected chi connectivity index (χ3v) is 6.34. The molecule has 3 unspecified atom stereocenters. The Kier molecular flexibility index (Phi) is 3.14. The maximum Gasteiger partial charge on any atom is -0.0187 e. The second kappa shape index (κ2) is 4.03. The normalized spacial score (nSPS) is 43.3. The van der Waals surface area contributed by atoms with E-state index in [0.717, 1.165) is 23.2 Å². The van der Waals surface area contributed by atoms with Crippen LogP contribution in [0.25, 0.3) is 0 Å². The largest absolute Gasteiger partial charge is 0.0648 e. The van der Waals surface area contributed by atoms with Crippen molar-refractivity contribution in [2.75, 3.05) is 0 Å². The zero-order chi connectivity index (χ0) is 12.0. The molecule has 0 spiro atoms. The molecule has 2 fully saturated rings. The van der Waals surface area contributed by atoms with E-state index >= 15 is 0 Å². The first-order valence-electron chi connectivity index (χ1n) is 7.50. The Morgan fingerprint density at radius 2 is 1.75 bits per heavy atom. The smallest absolute Gasteiger partial charge is 0.0187 e. The van der Waals surface area contributed by atoms with Crippen LogP contribution in [-0.4, -0.2) is 0 Å². The van der Waals surface area contributed by atoms with Crippen LogP contribution >= 0.6 is 0 Å². The van der Waals surface area contributed by atoms with E-state index in [1.54, 1.807) is 0 Å². The van der Waals surface area contributed by atoms with Gasteiger partial charge in [-0.3, -0.25) is 0 Å². The lowest BCUT2D eigenvalue weighted by Crippen LogP contribution is -2.42. The van der Waals surface area contributed by atoms with Crippen LogP contribution in [0.5, 0.6) is 0 Å². The van der Waals surface area contributed by atoms with Gasteiger partial charge in [-0.05, 0) is 60.7 Å². The first-order valence-corrected chi connectivity index (χ1v) is 7.50. The molecule has 0 aromatic carbocycles. The van der Waals surface area contributed by atoms with Crippen molar-refractivity contribution in [2.24, 2.45) is 28.6 Å². The van der Waals surface area contributed by atoms with Gasteiger partial charge in [0.1, 0.15) is 0 Å². The van der Waals surface area contributed by atoms with Crippen LogP contribution in [0.1, 0.15) is 73.1 Å². The van der Waals surface area contributed by atoms with Crippen molar-refractivity contribution >= 4 is 0 Å². The van der Waals surface area contributed by atoms with Crippen molar-refractivity contribution in [3.63, 3.8) is 0 Å². The van der Waals surface area contributed by atoms with Crippen molar-refractivity contribution in [3.05, 3.63) is 0 Å². The van der Waals surface area contributed by atoms with E-state index in [4.69, 9.17) is 0 Å². The van der Waals surface area contributed by atoms with Crippen LogP contribution in [-0.2, 0) is 0 Å². The van der Waals surface area contributed by atoms with E-state index < -0.39 is 0 Å². The summed E-state index contributed by atoms with van der Waals surface area (Å²) in [7, 11) is 0. The number of hydrogen-bond donors (Lipinski definition) is 0. The molecule has 0 aromatic heterocycles. The molecule has 0 heteroatoms.